The summed E-state index contributed by atoms with van der Waals surface area (Å²) >= 11 is 7.80. The van der Waals surface area contributed by atoms with Crippen LogP contribution in [0.1, 0.15) is 24.8 Å². The molecule has 0 bridgehead atoms. The number of carbonyl (C=O) groups excluding carboxylic acids is 1. The van der Waals surface area contributed by atoms with E-state index in [1.165, 1.54) is 11.8 Å². The molecule has 0 unspecified atom stereocenters. The van der Waals surface area contributed by atoms with Gasteiger partial charge in [-0.25, -0.2) is 4.98 Å². The fraction of sp³-hybridized carbons (Fsp3) is 0.318. The van der Waals surface area contributed by atoms with E-state index in [1.54, 1.807) is 4.57 Å². The van der Waals surface area contributed by atoms with Crippen LogP contribution in [0.4, 0.5) is 0 Å². The molecule has 1 aliphatic rings. The molecule has 1 aliphatic heterocycles. The molecular weight excluding hydrogens is 406 g/mol. The average molecular weight is 428 g/mol. The first-order valence-corrected chi connectivity index (χ1v) is 11.1. The van der Waals surface area contributed by atoms with E-state index in [0.717, 1.165) is 24.9 Å². The smallest absolute Gasteiger partial charge is 0.262 e. The van der Waals surface area contributed by atoms with Crippen molar-refractivity contribution in [1.29, 1.82) is 0 Å². The van der Waals surface area contributed by atoms with Crippen LogP contribution >= 0.6 is 23.4 Å². The molecule has 0 atom stereocenters. The number of para-hydroxylation sites is 1. The highest BCUT2D eigenvalue weighted by Gasteiger charge is 2.20. The van der Waals surface area contributed by atoms with Crippen LogP contribution in [0.5, 0.6) is 0 Å². The molecule has 7 heteroatoms. The highest BCUT2D eigenvalue weighted by Crippen LogP contribution is 2.26. The Kier molecular flexibility index (Phi) is 6.21. The molecule has 0 saturated carbocycles. The van der Waals surface area contributed by atoms with Gasteiger partial charge in [0, 0.05) is 36.8 Å². The maximum absolute atomic E-state index is 13.1. The normalized spacial score (nSPS) is 14.1. The molecule has 0 N–H and O–H groups in total. The number of thioether (sulfide) groups is 1. The number of benzene rings is 2. The number of halogens is 1. The van der Waals surface area contributed by atoms with Crippen LogP contribution in [0.3, 0.4) is 0 Å². The molecule has 1 aromatic heterocycles. The van der Waals surface area contributed by atoms with E-state index in [0.29, 0.717) is 46.3 Å². The second kappa shape index (κ2) is 9.01. The SMILES string of the molecule is O=C1CCCN1CCCn1c(SCc2ccccc2Cl)nc2ccccc2c1=O. The van der Waals surface area contributed by atoms with E-state index >= 15 is 0 Å². The van der Waals surface area contributed by atoms with Crippen LogP contribution in [0.2, 0.25) is 5.02 Å². The van der Waals surface area contributed by atoms with E-state index in [2.05, 4.69) is 0 Å². The third kappa shape index (κ3) is 4.49. The summed E-state index contributed by atoms with van der Waals surface area (Å²) in [6, 6.07) is 15.1. The molecule has 4 rings (SSSR count). The van der Waals surface area contributed by atoms with Gasteiger partial charge in [0.15, 0.2) is 5.16 Å². The van der Waals surface area contributed by atoms with E-state index < -0.39 is 0 Å². The topological polar surface area (TPSA) is 55.2 Å². The first-order valence-electron chi connectivity index (χ1n) is 9.77. The van der Waals surface area contributed by atoms with E-state index in [9.17, 15) is 9.59 Å². The van der Waals surface area contributed by atoms with Gasteiger partial charge in [-0.1, -0.05) is 53.7 Å². The lowest BCUT2D eigenvalue weighted by molar-refractivity contribution is -0.127. The summed E-state index contributed by atoms with van der Waals surface area (Å²) in [7, 11) is 0. The molecule has 5 nitrogen and oxygen atoms in total. The zero-order chi connectivity index (χ0) is 20.2. The van der Waals surface area contributed by atoms with Crippen LogP contribution in [-0.2, 0) is 17.1 Å². The Labute approximate surface area is 178 Å². The standard InChI is InChI=1S/C22H22ClN3O2S/c23-18-9-3-1-7-16(18)15-29-22-24-19-10-4-2-8-17(19)21(28)26(22)14-6-13-25-12-5-11-20(25)27/h1-4,7-10H,5-6,11-15H2. The maximum atomic E-state index is 13.1. The average Bonchev–Trinajstić information content (AvgIpc) is 3.14. The lowest BCUT2D eigenvalue weighted by atomic mass is 10.2. The van der Waals surface area contributed by atoms with Crippen molar-refractivity contribution in [1.82, 2.24) is 14.5 Å². The fourth-order valence-corrected chi connectivity index (χ4v) is 4.88. The number of carbonyl (C=O) groups is 1. The molecule has 0 aliphatic carbocycles. The van der Waals surface area contributed by atoms with Crippen molar-refractivity contribution in [2.45, 2.75) is 36.7 Å². The summed E-state index contributed by atoms with van der Waals surface area (Å²) in [5.74, 6) is 0.844. The Morgan fingerprint density at radius 3 is 2.62 bits per heavy atom. The number of hydrogen-bond donors (Lipinski definition) is 0. The molecular formula is C22H22ClN3O2S. The predicted molar refractivity (Wildman–Crippen MR) is 117 cm³/mol. The largest absolute Gasteiger partial charge is 0.343 e. The Hall–Kier alpha value is -2.31. The van der Waals surface area contributed by atoms with Gasteiger partial charge in [-0.05, 0) is 36.6 Å². The minimum atomic E-state index is -0.0370. The van der Waals surface area contributed by atoms with Crippen molar-refractivity contribution in [2.24, 2.45) is 0 Å². The summed E-state index contributed by atoms with van der Waals surface area (Å²) in [6.45, 7) is 2.02. The van der Waals surface area contributed by atoms with Gasteiger partial charge in [0.25, 0.3) is 5.56 Å². The minimum Gasteiger partial charge on any atom is -0.343 e. The predicted octanol–water partition coefficient (Wildman–Crippen LogP) is 4.35. The Balaban J connectivity index is 1.58. The van der Waals surface area contributed by atoms with Crippen LogP contribution in [0.25, 0.3) is 10.9 Å². The number of likely N-dealkylation sites (tertiary alicyclic amines) is 1. The molecule has 0 spiro atoms. The van der Waals surface area contributed by atoms with Gasteiger partial charge in [-0.2, -0.15) is 0 Å². The zero-order valence-electron chi connectivity index (χ0n) is 16.0. The van der Waals surface area contributed by atoms with Gasteiger partial charge in [-0.15, -0.1) is 0 Å². The van der Waals surface area contributed by atoms with Crippen molar-refractivity contribution in [3.8, 4) is 0 Å². The summed E-state index contributed by atoms with van der Waals surface area (Å²) in [4.78, 5) is 31.6. The quantitative estimate of drug-likeness (QED) is 0.415. The van der Waals surface area contributed by atoms with Crippen molar-refractivity contribution in [2.75, 3.05) is 13.1 Å². The molecule has 29 heavy (non-hydrogen) atoms. The van der Waals surface area contributed by atoms with Crippen LogP contribution < -0.4 is 5.56 Å². The molecule has 1 fully saturated rings. The lowest BCUT2D eigenvalue weighted by Gasteiger charge is -2.17. The third-order valence-electron chi connectivity index (χ3n) is 5.12. The van der Waals surface area contributed by atoms with E-state index in [-0.39, 0.29) is 11.5 Å². The van der Waals surface area contributed by atoms with Gasteiger partial charge in [-0.3, -0.25) is 14.2 Å². The van der Waals surface area contributed by atoms with Crippen LogP contribution in [-0.4, -0.2) is 33.4 Å². The molecule has 150 valence electrons. The Morgan fingerprint density at radius 2 is 1.83 bits per heavy atom. The van der Waals surface area contributed by atoms with Gasteiger partial charge >= 0.3 is 0 Å². The summed E-state index contributed by atoms with van der Waals surface area (Å²) in [5.41, 5.74) is 1.67. The second-order valence-corrected chi connectivity index (χ2v) is 8.44. The highest BCUT2D eigenvalue weighted by atomic mass is 35.5. The van der Waals surface area contributed by atoms with Gasteiger partial charge in [0.2, 0.25) is 5.91 Å². The third-order valence-corrected chi connectivity index (χ3v) is 6.52. The van der Waals surface area contributed by atoms with Gasteiger partial charge in [0.05, 0.1) is 10.9 Å². The molecule has 2 aromatic carbocycles. The summed E-state index contributed by atoms with van der Waals surface area (Å²) in [5, 5.41) is 2.01. The Bertz CT molecular complexity index is 1100. The lowest BCUT2D eigenvalue weighted by Crippen LogP contribution is -2.29. The molecule has 1 amide bonds. The minimum absolute atomic E-state index is 0.0370. The first kappa shape index (κ1) is 20.0. The number of rotatable bonds is 7. The molecule has 3 aromatic rings. The number of hydrogen-bond acceptors (Lipinski definition) is 4. The first-order chi connectivity index (χ1) is 14.1. The van der Waals surface area contributed by atoms with Crippen molar-refractivity contribution >= 4 is 40.2 Å². The molecule has 1 saturated heterocycles. The van der Waals surface area contributed by atoms with Crippen molar-refractivity contribution in [3.63, 3.8) is 0 Å². The number of amides is 1. The van der Waals surface area contributed by atoms with Crippen molar-refractivity contribution in [3.05, 3.63) is 69.5 Å². The zero-order valence-corrected chi connectivity index (χ0v) is 17.6. The van der Waals surface area contributed by atoms with Crippen molar-refractivity contribution < 1.29 is 4.79 Å². The van der Waals surface area contributed by atoms with Crippen LogP contribution in [0, 0.1) is 0 Å². The van der Waals surface area contributed by atoms with Gasteiger partial charge < -0.3 is 4.90 Å². The van der Waals surface area contributed by atoms with Crippen LogP contribution in [0.15, 0.2) is 58.5 Å². The number of nitrogens with zero attached hydrogens (tertiary/aromatic N) is 3. The second-order valence-electron chi connectivity index (χ2n) is 7.09. The monoisotopic (exact) mass is 427 g/mol. The fourth-order valence-electron chi connectivity index (χ4n) is 3.57. The summed E-state index contributed by atoms with van der Waals surface area (Å²) in [6.07, 6.45) is 2.29. The van der Waals surface area contributed by atoms with E-state index in [1.807, 2.05) is 53.4 Å². The number of fused-ring (bicyclic) bond motifs is 1. The molecule has 2 heterocycles. The maximum Gasteiger partial charge on any atom is 0.262 e. The summed E-state index contributed by atoms with van der Waals surface area (Å²) < 4.78 is 1.74. The van der Waals surface area contributed by atoms with Gasteiger partial charge in [0.1, 0.15) is 0 Å². The van der Waals surface area contributed by atoms with E-state index in [4.69, 9.17) is 16.6 Å². The Morgan fingerprint density at radius 1 is 1.03 bits per heavy atom. The highest BCUT2D eigenvalue weighted by molar-refractivity contribution is 7.98. The molecule has 0 radical (unpaired) electrons. The number of aromatic nitrogens is 2.